The molecular weight excluding hydrogens is 616 g/mol. The first-order chi connectivity index (χ1) is 22.5. The van der Waals surface area contributed by atoms with Gasteiger partial charge in [-0.25, -0.2) is 4.79 Å². The number of carbonyl (C=O) groups excluding carboxylic acids is 1. The maximum atomic E-state index is 13.4. The number of carbonyl (C=O) groups is 1. The Bertz CT molecular complexity index is 1870. The van der Waals surface area contributed by atoms with E-state index in [1.807, 2.05) is 24.3 Å². The molecule has 0 unspecified atom stereocenters. The summed E-state index contributed by atoms with van der Waals surface area (Å²) in [5.74, 6) is 0. The summed E-state index contributed by atoms with van der Waals surface area (Å²) in [6.07, 6.45) is -6.87. The van der Waals surface area contributed by atoms with Gasteiger partial charge in [-0.15, -0.1) is 0 Å². The second-order valence-corrected chi connectivity index (χ2v) is 12.4. The third kappa shape index (κ3) is 6.14. The molecule has 242 valence electrons. The van der Waals surface area contributed by atoms with Crippen LogP contribution < -0.4 is 10.6 Å². The second-order valence-electron chi connectivity index (χ2n) is 12.4. The third-order valence-corrected chi connectivity index (χ3v) is 9.39. The summed E-state index contributed by atoms with van der Waals surface area (Å²) in [4.78, 5) is 15.5. The Balaban J connectivity index is 1.22. The zero-order valence-corrected chi connectivity index (χ0v) is 25.2. The van der Waals surface area contributed by atoms with Crippen LogP contribution in [0.15, 0.2) is 91.0 Å². The quantitative estimate of drug-likeness (QED) is 0.192. The van der Waals surface area contributed by atoms with Gasteiger partial charge in [0, 0.05) is 30.9 Å². The summed E-state index contributed by atoms with van der Waals surface area (Å²) in [5, 5.41) is 9.74. The van der Waals surface area contributed by atoms with Crippen molar-refractivity contribution in [3.05, 3.63) is 113 Å². The SMILES string of the molecule is O=C(Nc1cc(C(F)(F)F)cc(C(F)(F)F)c1)N[C@@H]1CCCC[C@H]1N1Cc2ccc3ccccc3c2-c2c(ccc3ccccc23)C1. The van der Waals surface area contributed by atoms with Gasteiger partial charge in [0.1, 0.15) is 0 Å². The van der Waals surface area contributed by atoms with Gasteiger partial charge in [-0.3, -0.25) is 4.90 Å². The summed E-state index contributed by atoms with van der Waals surface area (Å²) in [7, 11) is 0. The van der Waals surface area contributed by atoms with Crippen molar-refractivity contribution in [2.45, 2.75) is 63.2 Å². The molecule has 4 nitrogen and oxygen atoms in total. The fourth-order valence-corrected chi connectivity index (χ4v) is 7.29. The number of nitrogens with one attached hydrogen (secondary N) is 2. The molecule has 0 aromatic heterocycles. The molecule has 2 aliphatic rings. The lowest BCUT2D eigenvalue weighted by molar-refractivity contribution is -0.143. The van der Waals surface area contributed by atoms with Crippen molar-refractivity contribution in [1.82, 2.24) is 10.2 Å². The summed E-state index contributed by atoms with van der Waals surface area (Å²) in [6, 6.07) is 24.9. The first-order valence-electron chi connectivity index (χ1n) is 15.6. The second kappa shape index (κ2) is 11.9. The molecular formula is C37H31F6N3O. The molecule has 1 aliphatic heterocycles. The van der Waals surface area contributed by atoms with E-state index in [1.54, 1.807) is 0 Å². The van der Waals surface area contributed by atoms with E-state index < -0.39 is 35.2 Å². The Hall–Kier alpha value is -4.57. The Labute approximate surface area is 267 Å². The molecule has 2 N–H and O–H groups in total. The zero-order chi connectivity index (χ0) is 32.9. The van der Waals surface area contributed by atoms with Crippen LogP contribution in [0.1, 0.15) is 47.9 Å². The predicted octanol–water partition coefficient (Wildman–Crippen LogP) is 10.1. The number of halogens is 6. The van der Waals surface area contributed by atoms with Crippen molar-refractivity contribution in [3.63, 3.8) is 0 Å². The first kappa shape index (κ1) is 31.1. The Morgan fingerprint density at radius 2 is 1.17 bits per heavy atom. The topological polar surface area (TPSA) is 44.4 Å². The van der Waals surface area contributed by atoms with Gasteiger partial charge >= 0.3 is 18.4 Å². The van der Waals surface area contributed by atoms with Gasteiger partial charge in [0.25, 0.3) is 0 Å². The lowest BCUT2D eigenvalue weighted by Crippen LogP contribution is -2.53. The fourth-order valence-electron chi connectivity index (χ4n) is 7.29. The van der Waals surface area contributed by atoms with Gasteiger partial charge < -0.3 is 10.6 Å². The highest BCUT2D eigenvalue weighted by atomic mass is 19.4. The fraction of sp³-hybridized carbons (Fsp3) is 0.270. The number of anilines is 1. The number of benzene rings is 5. The number of hydrogen-bond donors (Lipinski definition) is 2. The Morgan fingerprint density at radius 3 is 1.70 bits per heavy atom. The molecule has 2 atom stereocenters. The number of amides is 2. The third-order valence-electron chi connectivity index (χ3n) is 9.39. The van der Waals surface area contributed by atoms with Gasteiger partial charge in [-0.05, 0) is 74.8 Å². The number of rotatable bonds is 3. The molecule has 7 rings (SSSR count). The molecule has 0 bridgehead atoms. The molecule has 1 heterocycles. The summed E-state index contributed by atoms with van der Waals surface area (Å²) in [6.45, 7) is 1.21. The molecule has 10 heteroatoms. The van der Waals surface area contributed by atoms with Crippen LogP contribution >= 0.6 is 0 Å². The van der Waals surface area contributed by atoms with E-state index in [1.165, 1.54) is 11.1 Å². The van der Waals surface area contributed by atoms with E-state index in [9.17, 15) is 31.1 Å². The van der Waals surface area contributed by atoms with Crippen molar-refractivity contribution < 1.29 is 31.1 Å². The maximum absolute atomic E-state index is 13.4. The standard InChI is InChI=1S/C37H31F6N3O/c38-36(39,40)26-17-27(37(41,42)43)19-28(18-26)44-35(47)45-31-11-5-6-12-32(31)46-20-24-15-13-22-7-1-3-9-29(22)33(24)34-25(21-46)16-14-23-8-2-4-10-30(23)34/h1-4,7-10,13-19,31-32H,5-6,11-12,20-21H2,(H2,44,45,47)/t31-,32-/m1/s1. The first-order valence-corrected chi connectivity index (χ1v) is 15.6. The van der Waals surface area contributed by atoms with Crippen LogP contribution in [0.25, 0.3) is 32.7 Å². The predicted molar refractivity (Wildman–Crippen MR) is 171 cm³/mol. The Kier molecular flexibility index (Phi) is 7.86. The van der Waals surface area contributed by atoms with Gasteiger partial charge in [-0.2, -0.15) is 26.3 Å². The van der Waals surface area contributed by atoms with Gasteiger partial charge in [0.2, 0.25) is 0 Å². The molecule has 1 saturated carbocycles. The van der Waals surface area contributed by atoms with Crippen LogP contribution in [-0.4, -0.2) is 23.0 Å². The molecule has 5 aromatic rings. The van der Waals surface area contributed by atoms with Crippen molar-refractivity contribution in [2.24, 2.45) is 0 Å². The number of alkyl halides is 6. The monoisotopic (exact) mass is 647 g/mol. The van der Waals surface area contributed by atoms with Crippen molar-refractivity contribution >= 4 is 33.3 Å². The summed E-state index contributed by atoms with van der Waals surface area (Å²) >= 11 is 0. The smallest absolute Gasteiger partial charge is 0.334 e. The highest BCUT2D eigenvalue weighted by Crippen LogP contribution is 2.43. The maximum Gasteiger partial charge on any atom is 0.416 e. The lowest BCUT2D eigenvalue weighted by Gasteiger charge is -2.40. The van der Waals surface area contributed by atoms with Gasteiger partial charge in [0.15, 0.2) is 0 Å². The van der Waals surface area contributed by atoms with E-state index in [-0.39, 0.29) is 18.2 Å². The van der Waals surface area contributed by atoms with Crippen molar-refractivity contribution in [2.75, 3.05) is 5.32 Å². The summed E-state index contributed by atoms with van der Waals surface area (Å²) < 4.78 is 80.5. The summed E-state index contributed by atoms with van der Waals surface area (Å²) in [5.41, 5.74) is 1.11. The van der Waals surface area contributed by atoms with Crippen LogP contribution in [0.5, 0.6) is 0 Å². The molecule has 1 fully saturated rings. The van der Waals surface area contributed by atoms with E-state index in [4.69, 9.17) is 0 Å². The Morgan fingerprint density at radius 1 is 0.660 bits per heavy atom. The lowest BCUT2D eigenvalue weighted by atomic mass is 9.88. The largest absolute Gasteiger partial charge is 0.416 e. The van der Waals surface area contributed by atoms with E-state index in [0.717, 1.165) is 51.9 Å². The van der Waals surface area contributed by atoms with Crippen LogP contribution in [0.4, 0.5) is 36.8 Å². The van der Waals surface area contributed by atoms with Crippen LogP contribution in [0, 0.1) is 0 Å². The molecule has 2 amide bonds. The zero-order valence-electron chi connectivity index (χ0n) is 25.2. The minimum Gasteiger partial charge on any atom is -0.334 e. The molecule has 1 aliphatic carbocycles. The normalized spacial score (nSPS) is 18.8. The molecule has 47 heavy (non-hydrogen) atoms. The minimum atomic E-state index is -5.02. The minimum absolute atomic E-state index is 0.0433. The van der Waals surface area contributed by atoms with Crippen LogP contribution in [0.2, 0.25) is 0 Å². The molecule has 0 spiro atoms. The van der Waals surface area contributed by atoms with Crippen LogP contribution in [0.3, 0.4) is 0 Å². The number of urea groups is 1. The number of nitrogens with zero attached hydrogens (tertiary/aromatic N) is 1. The van der Waals surface area contributed by atoms with Gasteiger partial charge in [0.05, 0.1) is 11.1 Å². The molecule has 0 radical (unpaired) electrons. The van der Waals surface area contributed by atoms with Crippen molar-refractivity contribution in [3.8, 4) is 11.1 Å². The molecule has 0 saturated heterocycles. The number of fused-ring (bicyclic) bond motifs is 7. The average Bonchev–Trinajstić information content (AvgIpc) is 3.21. The van der Waals surface area contributed by atoms with E-state index in [0.29, 0.717) is 31.6 Å². The van der Waals surface area contributed by atoms with Crippen LogP contribution in [-0.2, 0) is 25.4 Å². The van der Waals surface area contributed by atoms with E-state index in [2.05, 4.69) is 64.1 Å². The highest BCUT2D eigenvalue weighted by molar-refractivity contribution is 6.08. The highest BCUT2D eigenvalue weighted by Gasteiger charge is 2.38. The average molecular weight is 648 g/mol. The molecule has 5 aromatic carbocycles. The number of hydrogen-bond acceptors (Lipinski definition) is 2. The van der Waals surface area contributed by atoms with Gasteiger partial charge in [-0.1, -0.05) is 85.6 Å². The van der Waals surface area contributed by atoms with Crippen molar-refractivity contribution in [1.29, 1.82) is 0 Å². The van der Waals surface area contributed by atoms with E-state index >= 15 is 0 Å².